The molecule has 0 unspecified atom stereocenters. The van der Waals surface area contributed by atoms with Gasteiger partial charge < -0.3 is 5.11 Å². The van der Waals surface area contributed by atoms with E-state index in [1.165, 1.54) is 4.68 Å². The lowest BCUT2D eigenvalue weighted by molar-refractivity contribution is 0.432. The van der Waals surface area contributed by atoms with Crippen molar-refractivity contribution in [3.8, 4) is 11.6 Å². The third-order valence-corrected chi connectivity index (χ3v) is 4.09. The molecule has 118 valence electrons. The van der Waals surface area contributed by atoms with Crippen LogP contribution in [-0.2, 0) is 0 Å². The van der Waals surface area contributed by atoms with E-state index in [1.54, 1.807) is 6.08 Å². The summed E-state index contributed by atoms with van der Waals surface area (Å²) in [5, 5.41) is 13.2. The van der Waals surface area contributed by atoms with Crippen molar-refractivity contribution in [1.29, 1.82) is 0 Å². The average molecular weight is 317 g/mol. The van der Waals surface area contributed by atoms with Crippen LogP contribution in [0.5, 0.6) is 5.88 Å². The van der Waals surface area contributed by atoms with Crippen LogP contribution in [0.25, 0.3) is 17.3 Å². The molecule has 2 aromatic carbocycles. The molecule has 0 atom stereocenters. The standard InChI is InChI=1S/C19H15N3O2/c1-12-15(14-9-5-6-10-17(14)20-12)11-16-18(23)21-22(19(16)24)13-7-3-2-4-8-13/h2-11,24H,1H3,(H,21,23). The molecule has 1 aliphatic heterocycles. The molecule has 1 aliphatic rings. The number of aliphatic imine (C=N–C) groups is 1. The number of hydrogen-bond acceptors (Lipinski definition) is 3. The molecular weight excluding hydrogens is 302 g/mol. The number of allylic oxidation sites excluding steroid dienone is 1. The molecule has 0 saturated carbocycles. The van der Waals surface area contributed by atoms with Crippen molar-refractivity contribution in [2.75, 3.05) is 0 Å². The molecule has 5 heteroatoms. The molecule has 2 heterocycles. The highest BCUT2D eigenvalue weighted by atomic mass is 16.3. The van der Waals surface area contributed by atoms with Crippen LogP contribution >= 0.6 is 0 Å². The van der Waals surface area contributed by atoms with Gasteiger partial charge in [0.05, 0.1) is 11.4 Å². The zero-order chi connectivity index (χ0) is 16.7. The molecule has 24 heavy (non-hydrogen) atoms. The van der Waals surface area contributed by atoms with Gasteiger partial charge in [-0.1, -0.05) is 36.4 Å². The summed E-state index contributed by atoms with van der Waals surface area (Å²) >= 11 is 0. The molecule has 5 nitrogen and oxygen atoms in total. The molecule has 0 spiro atoms. The highest BCUT2D eigenvalue weighted by molar-refractivity contribution is 6.31. The Morgan fingerprint density at radius 1 is 1.08 bits per heavy atom. The van der Waals surface area contributed by atoms with Gasteiger partial charge in [0.15, 0.2) is 0 Å². The summed E-state index contributed by atoms with van der Waals surface area (Å²) in [6, 6.07) is 16.9. The van der Waals surface area contributed by atoms with Gasteiger partial charge >= 0.3 is 0 Å². The summed E-state index contributed by atoms with van der Waals surface area (Å²) in [6.07, 6.45) is 1.69. The minimum absolute atomic E-state index is 0.115. The SMILES string of the molecule is CC1=Nc2ccccc2C1=Cc1c(O)n(-c2ccccc2)[nH]c1=O. The van der Waals surface area contributed by atoms with Gasteiger partial charge in [0, 0.05) is 16.8 Å². The van der Waals surface area contributed by atoms with Crippen molar-refractivity contribution in [2.24, 2.45) is 4.99 Å². The van der Waals surface area contributed by atoms with Crippen LogP contribution in [0.2, 0.25) is 0 Å². The van der Waals surface area contributed by atoms with Gasteiger partial charge in [-0.25, -0.2) is 4.68 Å². The van der Waals surface area contributed by atoms with Crippen LogP contribution in [0.3, 0.4) is 0 Å². The Morgan fingerprint density at radius 3 is 2.58 bits per heavy atom. The van der Waals surface area contributed by atoms with E-state index < -0.39 is 0 Å². The van der Waals surface area contributed by atoms with Crippen molar-refractivity contribution >= 4 is 23.0 Å². The number of fused-ring (bicyclic) bond motifs is 1. The number of aromatic amines is 1. The lowest BCUT2D eigenvalue weighted by Crippen LogP contribution is -2.05. The Morgan fingerprint density at radius 2 is 1.79 bits per heavy atom. The molecule has 0 amide bonds. The van der Waals surface area contributed by atoms with Crippen LogP contribution < -0.4 is 5.56 Å². The fourth-order valence-electron chi connectivity index (χ4n) is 2.89. The summed E-state index contributed by atoms with van der Waals surface area (Å²) in [5.74, 6) is -0.115. The second kappa shape index (κ2) is 5.38. The molecule has 3 aromatic rings. The molecule has 0 bridgehead atoms. The third-order valence-electron chi connectivity index (χ3n) is 4.09. The maximum absolute atomic E-state index is 12.3. The highest BCUT2D eigenvalue weighted by Crippen LogP contribution is 2.36. The lowest BCUT2D eigenvalue weighted by Gasteiger charge is -2.04. The fourth-order valence-corrected chi connectivity index (χ4v) is 2.89. The second-order valence-corrected chi connectivity index (χ2v) is 5.62. The maximum atomic E-state index is 12.3. The van der Waals surface area contributed by atoms with E-state index in [0.29, 0.717) is 5.69 Å². The maximum Gasteiger partial charge on any atom is 0.275 e. The Kier molecular flexibility index (Phi) is 3.20. The number of H-pyrrole nitrogens is 1. The number of hydrogen-bond donors (Lipinski definition) is 2. The predicted octanol–water partition coefficient (Wildman–Crippen LogP) is 3.52. The fraction of sp³-hybridized carbons (Fsp3) is 0.0526. The predicted molar refractivity (Wildman–Crippen MR) is 95.1 cm³/mol. The molecule has 0 saturated heterocycles. The van der Waals surface area contributed by atoms with Crippen molar-refractivity contribution in [2.45, 2.75) is 6.92 Å². The van der Waals surface area contributed by atoms with E-state index in [-0.39, 0.29) is 17.0 Å². The highest BCUT2D eigenvalue weighted by Gasteiger charge is 2.20. The Hall–Kier alpha value is -3.34. The lowest BCUT2D eigenvalue weighted by atomic mass is 10.0. The first-order valence-corrected chi connectivity index (χ1v) is 7.61. The number of rotatable bonds is 2. The van der Waals surface area contributed by atoms with Crippen molar-refractivity contribution in [3.05, 3.63) is 76.1 Å². The van der Waals surface area contributed by atoms with E-state index in [9.17, 15) is 9.90 Å². The second-order valence-electron chi connectivity index (χ2n) is 5.62. The smallest absolute Gasteiger partial charge is 0.275 e. The first-order valence-electron chi connectivity index (χ1n) is 7.61. The Bertz CT molecular complexity index is 1040. The minimum atomic E-state index is -0.346. The van der Waals surface area contributed by atoms with E-state index in [1.807, 2.05) is 61.5 Å². The molecule has 2 N–H and O–H groups in total. The quantitative estimate of drug-likeness (QED) is 0.759. The van der Waals surface area contributed by atoms with E-state index in [2.05, 4.69) is 10.1 Å². The van der Waals surface area contributed by atoms with E-state index >= 15 is 0 Å². The minimum Gasteiger partial charge on any atom is -0.493 e. The van der Waals surface area contributed by atoms with Gasteiger partial charge in [0.1, 0.15) is 5.56 Å². The summed E-state index contributed by atoms with van der Waals surface area (Å²) in [7, 11) is 0. The largest absolute Gasteiger partial charge is 0.493 e. The van der Waals surface area contributed by atoms with Crippen LogP contribution in [0, 0.1) is 0 Å². The van der Waals surface area contributed by atoms with Gasteiger partial charge in [-0.05, 0) is 31.2 Å². The zero-order valence-corrected chi connectivity index (χ0v) is 13.0. The van der Waals surface area contributed by atoms with Gasteiger partial charge in [0.2, 0.25) is 5.88 Å². The molecular formula is C19H15N3O2. The van der Waals surface area contributed by atoms with Crippen molar-refractivity contribution < 1.29 is 5.11 Å². The first-order chi connectivity index (χ1) is 11.6. The number of aromatic nitrogens is 2. The molecule has 0 fully saturated rings. The Balaban J connectivity index is 1.87. The van der Waals surface area contributed by atoms with Crippen LogP contribution in [0.15, 0.2) is 64.4 Å². The van der Waals surface area contributed by atoms with Gasteiger partial charge in [-0.15, -0.1) is 0 Å². The van der Waals surface area contributed by atoms with Gasteiger partial charge in [-0.2, -0.15) is 0 Å². The number of benzene rings is 2. The van der Waals surface area contributed by atoms with Crippen LogP contribution in [0.1, 0.15) is 18.1 Å². The monoisotopic (exact) mass is 317 g/mol. The molecule has 0 radical (unpaired) electrons. The normalized spacial score (nSPS) is 14.7. The third kappa shape index (κ3) is 2.18. The van der Waals surface area contributed by atoms with Gasteiger partial charge in [-0.3, -0.25) is 14.9 Å². The van der Waals surface area contributed by atoms with Gasteiger partial charge in [0.25, 0.3) is 5.56 Å². The Labute approximate surface area is 138 Å². The van der Waals surface area contributed by atoms with Crippen LogP contribution in [-0.4, -0.2) is 20.6 Å². The average Bonchev–Trinajstić information content (AvgIpc) is 3.07. The summed E-state index contributed by atoms with van der Waals surface area (Å²) < 4.78 is 1.38. The number of para-hydroxylation sites is 2. The summed E-state index contributed by atoms with van der Waals surface area (Å²) in [5.41, 5.74) is 4.07. The van der Waals surface area contributed by atoms with E-state index in [0.717, 1.165) is 22.5 Å². The summed E-state index contributed by atoms with van der Waals surface area (Å²) in [6.45, 7) is 1.89. The first kappa shape index (κ1) is 14.3. The topological polar surface area (TPSA) is 70.4 Å². The number of aromatic hydroxyl groups is 1. The van der Waals surface area contributed by atoms with Crippen LogP contribution in [0.4, 0.5) is 5.69 Å². The molecule has 4 rings (SSSR count). The molecule has 1 aromatic heterocycles. The zero-order valence-electron chi connectivity index (χ0n) is 13.0. The van der Waals surface area contributed by atoms with Crippen molar-refractivity contribution in [3.63, 3.8) is 0 Å². The van der Waals surface area contributed by atoms with E-state index in [4.69, 9.17) is 0 Å². The number of nitrogens with one attached hydrogen (secondary N) is 1. The molecule has 0 aliphatic carbocycles. The summed E-state index contributed by atoms with van der Waals surface area (Å²) in [4.78, 5) is 16.8. The number of nitrogens with zero attached hydrogens (tertiary/aromatic N) is 2. The van der Waals surface area contributed by atoms with Crippen molar-refractivity contribution in [1.82, 2.24) is 9.78 Å².